The number of carboxylic acid groups (broad SMARTS) is 1. The van der Waals surface area contributed by atoms with Crippen molar-refractivity contribution in [2.24, 2.45) is 0 Å². The lowest BCUT2D eigenvalue weighted by atomic mass is 9.88. The van der Waals surface area contributed by atoms with Crippen molar-refractivity contribution in [3.8, 4) is 5.75 Å². The molecule has 0 saturated heterocycles. The molecule has 0 spiro atoms. The number of aryl methyl sites for hydroxylation is 1. The van der Waals surface area contributed by atoms with Crippen LogP contribution >= 0.6 is 0 Å². The zero-order valence-corrected chi connectivity index (χ0v) is 19.3. The molecular weight excluding hydrogens is 438 g/mol. The number of aromatic nitrogens is 1. The van der Waals surface area contributed by atoms with Gasteiger partial charge in [-0.3, -0.25) is 0 Å². The minimum atomic E-state index is -1.13. The van der Waals surface area contributed by atoms with E-state index in [-0.39, 0.29) is 5.92 Å². The Labute approximate surface area is 204 Å². The van der Waals surface area contributed by atoms with E-state index in [9.17, 15) is 9.90 Å². The first kappa shape index (κ1) is 22.7. The van der Waals surface area contributed by atoms with Gasteiger partial charge in [0.1, 0.15) is 5.75 Å². The molecule has 1 atom stereocenters. The van der Waals surface area contributed by atoms with Crippen LogP contribution in [0.15, 0.2) is 95.5 Å². The van der Waals surface area contributed by atoms with Crippen LogP contribution in [0.1, 0.15) is 52.5 Å². The molecule has 1 aliphatic rings. The van der Waals surface area contributed by atoms with E-state index in [0.29, 0.717) is 11.5 Å². The Morgan fingerprint density at radius 2 is 1.60 bits per heavy atom. The van der Waals surface area contributed by atoms with Crippen LogP contribution in [0.2, 0.25) is 0 Å². The summed E-state index contributed by atoms with van der Waals surface area (Å²) < 4.78 is 11.5. The second-order valence-corrected chi connectivity index (χ2v) is 8.75. The van der Waals surface area contributed by atoms with Crippen molar-refractivity contribution < 1.29 is 19.2 Å². The molecule has 1 aromatic heterocycles. The van der Waals surface area contributed by atoms with Crippen molar-refractivity contribution in [2.45, 2.75) is 37.7 Å². The van der Waals surface area contributed by atoms with Crippen molar-refractivity contribution in [3.63, 3.8) is 0 Å². The number of hydrogen-bond donors (Lipinski definition) is 1. The lowest BCUT2D eigenvalue weighted by Gasteiger charge is -2.21. The predicted molar refractivity (Wildman–Crippen MR) is 135 cm³/mol. The fraction of sp³-hybridized carbons (Fsp3) is 0.200. The molecule has 4 aromatic rings. The van der Waals surface area contributed by atoms with Crippen molar-refractivity contribution in [3.05, 3.63) is 125 Å². The predicted octanol–water partition coefficient (Wildman–Crippen LogP) is 6.28. The maximum atomic E-state index is 12.0. The molecule has 5 heteroatoms. The molecule has 1 heterocycles. The zero-order chi connectivity index (χ0) is 24.0. The number of benzene rings is 3. The summed E-state index contributed by atoms with van der Waals surface area (Å²) in [5.41, 5.74) is 5.32. The first-order valence-electron chi connectivity index (χ1n) is 11.9. The van der Waals surface area contributed by atoms with Crippen LogP contribution < -0.4 is 4.74 Å². The Bertz CT molecular complexity index is 1270. The molecule has 0 saturated carbocycles. The van der Waals surface area contributed by atoms with Crippen LogP contribution in [0.5, 0.6) is 5.75 Å². The normalized spacial score (nSPS) is 14.1. The third-order valence-electron chi connectivity index (χ3n) is 6.39. The van der Waals surface area contributed by atoms with Crippen molar-refractivity contribution >= 4 is 12.0 Å². The first-order chi connectivity index (χ1) is 17.2. The quantitative estimate of drug-likeness (QED) is 0.332. The number of carbonyl (C=O) groups is 1. The minimum absolute atomic E-state index is 0.0920. The summed E-state index contributed by atoms with van der Waals surface area (Å²) in [6.07, 6.45) is 6.16. The number of nitrogens with zero attached hydrogens (tertiary/aromatic N) is 1. The molecule has 0 amide bonds. The van der Waals surface area contributed by atoms with Crippen LogP contribution in [-0.4, -0.2) is 22.3 Å². The van der Waals surface area contributed by atoms with E-state index in [4.69, 9.17) is 9.26 Å². The highest BCUT2D eigenvalue weighted by atomic mass is 16.5. The van der Waals surface area contributed by atoms with E-state index >= 15 is 0 Å². The molecule has 3 aromatic carbocycles. The smallest absolute Gasteiger partial charge is 0.349 e. The third-order valence-corrected chi connectivity index (χ3v) is 6.39. The number of aliphatic carboxylic acids is 1. The summed E-state index contributed by atoms with van der Waals surface area (Å²) in [6, 6.07) is 28.0. The highest BCUT2D eigenvalue weighted by Gasteiger charge is 2.22. The van der Waals surface area contributed by atoms with E-state index in [1.54, 1.807) is 6.08 Å². The average Bonchev–Trinajstić information content (AvgIpc) is 3.36. The Kier molecular flexibility index (Phi) is 6.75. The maximum Gasteiger partial charge on any atom is 0.349 e. The Morgan fingerprint density at radius 3 is 2.29 bits per heavy atom. The van der Waals surface area contributed by atoms with Gasteiger partial charge in [-0.15, -0.1) is 0 Å². The number of fused-ring (bicyclic) bond motifs is 1. The average molecular weight is 466 g/mol. The van der Waals surface area contributed by atoms with E-state index in [1.807, 2.05) is 54.6 Å². The fourth-order valence-corrected chi connectivity index (χ4v) is 4.69. The molecule has 0 bridgehead atoms. The topological polar surface area (TPSA) is 72.6 Å². The van der Waals surface area contributed by atoms with Gasteiger partial charge in [0.05, 0.1) is 11.6 Å². The van der Waals surface area contributed by atoms with Gasteiger partial charge in [-0.25, -0.2) is 4.79 Å². The Morgan fingerprint density at radius 1 is 0.914 bits per heavy atom. The largest absolute Gasteiger partial charge is 0.478 e. The van der Waals surface area contributed by atoms with Crippen LogP contribution in [0.25, 0.3) is 6.08 Å². The molecular formula is C30H27NO4. The lowest BCUT2D eigenvalue weighted by Crippen LogP contribution is -2.25. The number of carboxylic acids is 1. The summed E-state index contributed by atoms with van der Waals surface area (Å²) in [4.78, 5) is 12.0. The van der Waals surface area contributed by atoms with E-state index in [0.717, 1.165) is 48.1 Å². The highest BCUT2D eigenvalue weighted by molar-refractivity contribution is 5.76. The van der Waals surface area contributed by atoms with Gasteiger partial charge in [-0.2, -0.15) is 0 Å². The minimum Gasteiger partial charge on any atom is -0.478 e. The molecule has 5 rings (SSSR count). The molecule has 1 N–H and O–H groups in total. The molecule has 1 unspecified atom stereocenters. The van der Waals surface area contributed by atoms with Crippen molar-refractivity contribution in [2.75, 3.05) is 0 Å². The zero-order valence-electron chi connectivity index (χ0n) is 19.3. The number of rotatable bonds is 8. The van der Waals surface area contributed by atoms with Crippen LogP contribution in [0.4, 0.5) is 0 Å². The molecule has 0 radical (unpaired) electrons. The van der Waals surface area contributed by atoms with Gasteiger partial charge >= 0.3 is 5.97 Å². The molecule has 1 aliphatic carbocycles. The summed E-state index contributed by atoms with van der Waals surface area (Å²) >= 11 is 0. The number of ether oxygens (including phenoxy) is 1. The van der Waals surface area contributed by atoms with E-state index < -0.39 is 12.1 Å². The SMILES string of the molecule is O=C(O)C(C=Cc1cc(C(c2ccccc2)c2ccccc2)no1)Oc1cccc2c1CCCC2. The summed E-state index contributed by atoms with van der Waals surface area (Å²) in [7, 11) is 0. The van der Waals surface area contributed by atoms with Gasteiger partial charge in [0, 0.05) is 6.07 Å². The van der Waals surface area contributed by atoms with Gasteiger partial charge in [-0.1, -0.05) is 78.0 Å². The number of hydrogen-bond acceptors (Lipinski definition) is 4. The summed E-state index contributed by atoms with van der Waals surface area (Å²) in [6.45, 7) is 0. The Hall–Kier alpha value is -4.12. The van der Waals surface area contributed by atoms with E-state index in [1.165, 1.54) is 11.6 Å². The third kappa shape index (κ3) is 5.19. The Balaban J connectivity index is 1.39. The second kappa shape index (κ2) is 10.4. The summed E-state index contributed by atoms with van der Waals surface area (Å²) in [5.74, 6) is -0.0287. The van der Waals surface area contributed by atoms with Gasteiger partial charge in [0.2, 0.25) is 6.10 Å². The maximum absolute atomic E-state index is 12.0. The van der Waals surface area contributed by atoms with Gasteiger partial charge in [0.25, 0.3) is 0 Å². The van der Waals surface area contributed by atoms with Crippen molar-refractivity contribution in [1.29, 1.82) is 0 Å². The second-order valence-electron chi connectivity index (χ2n) is 8.75. The molecule has 176 valence electrons. The molecule has 0 aliphatic heterocycles. The van der Waals surface area contributed by atoms with Gasteiger partial charge < -0.3 is 14.4 Å². The molecule has 35 heavy (non-hydrogen) atoms. The van der Waals surface area contributed by atoms with Crippen LogP contribution in [0.3, 0.4) is 0 Å². The standard InChI is InChI=1S/C30H27NO4/c32-30(33)28(34-27-17-9-15-21-10-7-8-16-25(21)27)19-18-24-20-26(31-35-24)29(22-11-3-1-4-12-22)23-13-5-2-6-14-23/h1-6,9,11-15,17-20,28-29H,7-8,10,16H2,(H,32,33). The fourth-order valence-electron chi connectivity index (χ4n) is 4.69. The summed E-state index contributed by atoms with van der Waals surface area (Å²) in [5, 5.41) is 14.1. The van der Waals surface area contributed by atoms with Gasteiger partial charge in [0.15, 0.2) is 5.76 Å². The highest BCUT2D eigenvalue weighted by Crippen LogP contribution is 2.32. The first-order valence-corrected chi connectivity index (χ1v) is 11.9. The molecule has 0 fully saturated rings. The van der Waals surface area contributed by atoms with Crippen LogP contribution in [0, 0.1) is 0 Å². The molecule has 5 nitrogen and oxygen atoms in total. The van der Waals surface area contributed by atoms with E-state index in [2.05, 4.69) is 35.5 Å². The lowest BCUT2D eigenvalue weighted by molar-refractivity contribution is -0.142. The van der Waals surface area contributed by atoms with Gasteiger partial charge in [-0.05, 0) is 66.2 Å². The monoisotopic (exact) mass is 465 g/mol. The van der Waals surface area contributed by atoms with Crippen molar-refractivity contribution in [1.82, 2.24) is 5.16 Å². The van der Waals surface area contributed by atoms with Crippen LogP contribution in [-0.2, 0) is 17.6 Å².